The molecular formula is C20H26O3. The molecule has 0 aromatic carbocycles. The van der Waals surface area contributed by atoms with Gasteiger partial charge in [-0.25, -0.2) is 0 Å². The van der Waals surface area contributed by atoms with Crippen molar-refractivity contribution in [2.75, 3.05) is 0 Å². The molecule has 1 N–H and O–H groups in total. The molecule has 3 nitrogen and oxygen atoms in total. The van der Waals surface area contributed by atoms with E-state index in [0.29, 0.717) is 17.6 Å². The van der Waals surface area contributed by atoms with Crippen molar-refractivity contribution in [1.82, 2.24) is 0 Å². The Balaban J connectivity index is 2.23. The summed E-state index contributed by atoms with van der Waals surface area (Å²) in [5.74, 6) is -1.00. The molecule has 0 heterocycles. The fraction of sp³-hybridized carbons (Fsp3) is 0.600. The molecule has 3 aliphatic carbocycles. The SMILES string of the molecule is CC(C)C1=C(O)C2=C(C(=O)C1=O)[C@@]1(C)CCCC(C)(C)C1=CC2. The lowest BCUT2D eigenvalue weighted by Gasteiger charge is -2.50. The standard InChI is InChI=1S/C20H26O3/c1-11(2)14-16(21)12-7-8-13-19(3,4)9-6-10-20(13,5)15(12)18(23)17(14)22/h8,11,21H,6-7,9-10H2,1-5H3/t20-/m0/s1. The maximum atomic E-state index is 12.9. The van der Waals surface area contributed by atoms with Crippen LogP contribution in [0.25, 0.3) is 0 Å². The zero-order valence-electron chi connectivity index (χ0n) is 14.7. The monoisotopic (exact) mass is 314 g/mol. The summed E-state index contributed by atoms with van der Waals surface area (Å²) < 4.78 is 0. The van der Waals surface area contributed by atoms with Crippen LogP contribution in [0.15, 0.2) is 34.1 Å². The number of allylic oxidation sites excluding steroid dienone is 5. The van der Waals surface area contributed by atoms with Gasteiger partial charge in [0.05, 0.1) is 0 Å². The predicted octanol–water partition coefficient (Wildman–Crippen LogP) is 4.45. The Kier molecular flexibility index (Phi) is 3.48. The van der Waals surface area contributed by atoms with E-state index in [1.165, 1.54) is 5.57 Å². The minimum atomic E-state index is -0.512. The van der Waals surface area contributed by atoms with E-state index >= 15 is 0 Å². The third-order valence-electron chi connectivity index (χ3n) is 5.96. The van der Waals surface area contributed by atoms with Gasteiger partial charge in [-0.05, 0) is 30.6 Å². The summed E-state index contributed by atoms with van der Waals surface area (Å²) in [5, 5.41) is 10.7. The Labute approximate surface area is 138 Å². The highest BCUT2D eigenvalue weighted by Gasteiger charge is 2.51. The second kappa shape index (κ2) is 4.93. The molecule has 1 atom stereocenters. The van der Waals surface area contributed by atoms with Crippen LogP contribution >= 0.6 is 0 Å². The van der Waals surface area contributed by atoms with Crippen molar-refractivity contribution in [3.05, 3.63) is 34.1 Å². The van der Waals surface area contributed by atoms with Crippen LogP contribution in [0.5, 0.6) is 0 Å². The molecule has 0 radical (unpaired) electrons. The maximum Gasteiger partial charge on any atom is 0.233 e. The molecule has 23 heavy (non-hydrogen) atoms. The largest absolute Gasteiger partial charge is 0.507 e. The molecular weight excluding hydrogens is 288 g/mol. The molecule has 0 aromatic heterocycles. The van der Waals surface area contributed by atoms with E-state index in [9.17, 15) is 14.7 Å². The van der Waals surface area contributed by atoms with Gasteiger partial charge in [0.1, 0.15) is 5.76 Å². The minimum absolute atomic E-state index is 0.0342. The third kappa shape index (κ3) is 2.09. The van der Waals surface area contributed by atoms with Gasteiger partial charge in [-0.15, -0.1) is 0 Å². The van der Waals surface area contributed by atoms with E-state index in [4.69, 9.17) is 0 Å². The number of hydrogen-bond donors (Lipinski definition) is 1. The number of Topliss-reactive ketones (excluding diaryl/α,β-unsaturated/α-hetero) is 2. The van der Waals surface area contributed by atoms with Gasteiger partial charge in [-0.3, -0.25) is 9.59 Å². The molecule has 0 aliphatic heterocycles. The molecule has 0 spiro atoms. The van der Waals surface area contributed by atoms with E-state index in [0.717, 1.165) is 19.3 Å². The fourth-order valence-electron chi connectivity index (χ4n) is 4.94. The Morgan fingerprint density at radius 3 is 2.35 bits per heavy atom. The van der Waals surface area contributed by atoms with Crippen molar-refractivity contribution in [2.45, 2.75) is 60.3 Å². The predicted molar refractivity (Wildman–Crippen MR) is 90.0 cm³/mol. The van der Waals surface area contributed by atoms with E-state index < -0.39 is 17.0 Å². The highest BCUT2D eigenvalue weighted by atomic mass is 16.3. The van der Waals surface area contributed by atoms with Gasteiger partial charge in [0.25, 0.3) is 0 Å². The first kappa shape index (κ1) is 16.2. The Morgan fingerprint density at radius 2 is 1.74 bits per heavy atom. The quantitative estimate of drug-likeness (QED) is 0.442. The lowest BCUT2D eigenvalue weighted by molar-refractivity contribution is -0.133. The lowest BCUT2D eigenvalue weighted by Crippen LogP contribution is -2.44. The van der Waals surface area contributed by atoms with Gasteiger partial charge in [-0.1, -0.05) is 52.7 Å². The van der Waals surface area contributed by atoms with E-state index in [1.807, 2.05) is 13.8 Å². The Bertz CT molecular complexity index is 700. The number of carbonyl (C=O) groups is 2. The van der Waals surface area contributed by atoms with E-state index in [1.54, 1.807) is 0 Å². The van der Waals surface area contributed by atoms with Crippen LogP contribution < -0.4 is 0 Å². The molecule has 3 aliphatic rings. The Morgan fingerprint density at radius 1 is 1.09 bits per heavy atom. The van der Waals surface area contributed by atoms with Gasteiger partial charge < -0.3 is 5.11 Å². The zero-order chi connectivity index (χ0) is 17.2. The van der Waals surface area contributed by atoms with Crippen LogP contribution in [-0.4, -0.2) is 16.7 Å². The Hall–Kier alpha value is -1.64. The number of carbonyl (C=O) groups excluding carboxylic acids is 2. The summed E-state index contributed by atoms with van der Waals surface area (Å²) in [7, 11) is 0. The lowest BCUT2D eigenvalue weighted by atomic mass is 9.53. The number of aliphatic hydroxyl groups excluding tert-OH is 1. The molecule has 3 rings (SSSR count). The van der Waals surface area contributed by atoms with Gasteiger partial charge in [0, 0.05) is 22.1 Å². The molecule has 1 saturated carbocycles. The molecule has 0 amide bonds. The van der Waals surface area contributed by atoms with Crippen LogP contribution in [0.4, 0.5) is 0 Å². The summed E-state index contributed by atoms with van der Waals surface area (Å²) in [5.41, 5.74) is 2.41. The van der Waals surface area contributed by atoms with E-state index in [2.05, 4.69) is 26.8 Å². The first-order valence-electron chi connectivity index (χ1n) is 8.58. The van der Waals surface area contributed by atoms with Crippen molar-refractivity contribution in [3.8, 4) is 0 Å². The van der Waals surface area contributed by atoms with Gasteiger partial charge in [0.2, 0.25) is 11.6 Å². The maximum absolute atomic E-state index is 12.9. The summed E-state index contributed by atoms with van der Waals surface area (Å²) in [6.07, 6.45) is 5.73. The normalized spacial score (nSPS) is 30.4. The number of aliphatic hydroxyl groups is 1. The van der Waals surface area contributed by atoms with Crippen LogP contribution in [0.3, 0.4) is 0 Å². The molecule has 3 heteroatoms. The molecule has 0 unspecified atom stereocenters. The second-order valence-corrected chi connectivity index (χ2v) is 8.32. The van der Waals surface area contributed by atoms with Gasteiger partial charge >= 0.3 is 0 Å². The van der Waals surface area contributed by atoms with Gasteiger partial charge in [0.15, 0.2) is 0 Å². The van der Waals surface area contributed by atoms with Crippen LogP contribution in [0.1, 0.15) is 60.3 Å². The molecule has 124 valence electrons. The van der Waals surface area contributed by atoms with Crippen LogP contribution in [-0.2, 0) is 9.59 Å². The van der Waals surface area contributed by atoms with Crippen LogP contribution in [0, 0.1) is 16.7 Å². The number of hydrogen-bond acceptors (Lipinski definition) is 3. The number of fused-ring (bicyclic) bond motifs is 2. The average molecular weight is 314 g/mol. The summed E-state index contributed by atoms with van der Waals surface area (Å²) in [6, 6.07) is 0. The molecule has 0 bridgehead atoms. The molecule has 0 aromatic rings. The molecule has 1 fully saturated rings. The van der Waals surface area contributed by atoms with Gasteiger partial charge in [-0.2, -0.15) is 0 Å². The summed E-state index contributed by atoms with van der Waals surface area (Å²) in [6.45, 7) is 10.2. The minimum Gasteiger partial charge on any atom is -0.507 e. The smallest absolute Gasteiger partial charge is 0.233 e. The molecule has 0 saturated heterocycles. The van der Waals surface area contributed by atoms with Crippen molar-refractivity contribution >= 4 is 11.6 Å². The average Bonchev–Trinajstić information content (AvgIpc) is 2.43. The van der Waals surface area contributed by atoms with Crippen molar-refractivity contribution in [2.24, 2.45) is 16.7 Å². The highest BCUT2D eigenvalue weighted by Crippen LogP contribution is 2.58. The summed E-state index contributed by atoms with van der Waals surface area (Å²) >= 11 is 0. The third-order valence-corrected chi connectivity index (χ3v) is 5.96. The number of ketones is 2. The van der Waals surface area contributed by atoms with Crippen molar-refractivity contribution in [1.29, 1.82) is 0 Å². The van der Waals surface area contributed by atoms with Crippen LogP contribution in [0.2, 0.25) is 0 Å². The van der Waals surface area contributed by atoms with Crippen molar-refractivity contribution < 1.29 is 14.7 Å². The van der Waals surface area contributed by atoms with Crippen molar-refractivity contribution in [3.63, 3.8) is 0 Å². The van der Waals surface area contributed by atoms with E-state index in [-0.39, 0.29) is 22.7 Å². The number of rotatable bonds is 1. The first-order chi connectivity index (χ1) is 10.6. The highest BCUT2D eigenvalue weighted by molar-refractivity contribution is 6.50. The zero-order valence-corrected chi connectivity index (χ0v) is 14.7. The topological polar surface area (TPSA) is 54.4 Å². The fourth-order valence-corrected chi connectivity index (χ4v) is 4.94. The summed E-state index contributed by atoms with van der Waals surface area (Å²) in [4.78, 5) is 25.5. The first-order valence-corrected chi connectivity index (χ1v) is 8.58. The second-order valence-electron chi connectivity index (χ2n) is 8.32.